The molecule has 1 aliphatic heterocycles. The first-order valence-electron chi connectivity index (χ1n) is 8.09. The first kappa shape index (κ1) is 16.5. The molecule has 3 rings (SSSR count). The van der Waals surface area contributed by atoms with Gasteiger partial charge in [0.2, 0.25) is 0 Å². The molecule has 0 spiro atoms. The van der Waals surface area contributed by atoms with Gasteiger partial charge in [-0.3, -0.25) is 9.80 Å². The molecule has 0 aliphatic carbocycles. The second kappa shape index (κ2) is 7.46. The lowest BCUT2D eigenvalue weighted by molar-refractivity contribution is 0.0659. The van der Waals surface area contributed by atoms with Crippen LogP contribution >= 0.6 is 0 Å². The van der Waals surface area contributed by atoms with Gasteiger partial charge >= 0.3 is 0 Å². The van der Waals surface area contributed by atoms with Gasteiger partial charge in [0, 0.05) is 6.54 Å². The minimum Gasteiger partial charge on any atom is -0.497 e. The fourth-order valence-corrected chi connectivity index (χ4v) is 2.75. The van der Waals surface area contributed by atoms with Crippen LogP contribution in [0.1, 0.15) is 23.0 Å². The van der Waals surface area contributed by atoms with E-state index in [1.54, 1.807) is 23.0 Å². The van der Waals surface area contributed by atoms with Crippen LogP contribution in [0.15, 0.2) is 30.5 Å². The van der Waals surface area contributed by atoms with Gasteiger partial charge in [-0.1, -0.05) is 6.92 Å². The van der Waals surface area contributed by atoms with Gasteiger partial charge in [-0.2, -0.15) is 5.10 Å². The molecule has 1 aromatic carbocycles. The smallest absolute Gasteiger partial charge is 0.271 e. The van der Waals surface area contributed by atoms with Gasteiger partial charge in [0.25, 0.3) is 5.91 Å². The van der Waals surface area contributed by atoms with Crippen molar-refractivity contribution in [2.45, 2.75) is 13.3 Å². The number of carbonyl (C=O) groups excluding carboxylic acids is 1. The van der Waals surface area contributed by atoms with E-state index in [-0.39, 0.29) is 5.91 Å². The van der Waals surface area contributed by atoms with Crippen LogP contribution in [-0.2, 0) is 11.2 Å². The molecule has 0 atom stereocenters. The maximum absolute atomic E-state index is 12.8. The molecule has 1 aliphatic rings. The van der Waals surface area contributed by atoms with Crippen molar-refractivity contribution in [1.29, 1.82) is 0 Å². The van der Waals surface area contributed by atoms with Gasteiger partial charge in [0.05, 0.1) is 50.0 Å². The summed E-state index contributed by atoms with van der Waals surface area (Å²) in [4.78, 5) is 12.8. The van der Waals surface area contributed by atoms with E-state index in [1.807, 2.05) is 31.2 Å². The molecule has 1 fully saturated rings. The number of nitrogens with one attached hydrogen (secondary N) is 1. The molecule has 0 radical (unpaired) electrons. The number of hydrazine groups is 1. The third-order valence-corrected chi connectivity index (χ3v) is 4.00. The summed E-state index contributed by atoms with van der Waals surface area (Å²) in [5.41, 5.74) is 5.50. The molecule has 24 heavy (non-hydrogen) atoms. The normalized spacial score (nSPS) is 15.2. The predicted octanol–water partition coefficient (Wildman–Crippen LogP) is 1.42. The first-order chi connectivity index (χ1) is 11.7. The Morgan fingerprint density at radius 2 is 2.12 bits per heavy atom. The molecule has 0 unspecified atom stereocenters. The van der Waals surface area contributed by atoms with E-state index in [2.05, 4.69) is 10.5 Å². The van der Waals surface area contributed by atoms with E-state index in [0.29, 0.717) is 38.3 Å². The average molecular weight is 330 g/mol. The van der Waals surface area contributed by atoms with E-state index in [0.717, 1.165) is 17.1 Å². The molecule has 0 saturated carbocycles. The van der Waals surface area contributed by atoms with Crippen LogP contribution in [-0.4, -0.2) is 54.1 Å². The zero-order chi connectivity index (χ0) is 16.9. The SMILES string of the molecule is CCc1c(C(=O)N2CCOCCN2)cnn1-c1ccc(OC)cc1. The largest absolute Gasteiger partial charge is 0.497 e. The highest BCUT2D eigenvalue weighted by atomic mass is 16.5. The van der Waals surface area contributed by atoms with Crippen LogP contribution in [0, 0.1) is 0 Å². The molecule has 2 aromatic rings. The van der Waals surface area contributed by atoms with Crippen molar-refractivity contribution < 1.29 is 14.3 Å². The molecule has 1 saturated heterocycles. The summed E-state index contributed by atoms with van der Waals surface area (Å²) >= 11 is 0. The minimum atomic E-state index is -0.0721. The van der Waals surface area contributed by atoms with Gasteiger partial charge in [-0.25, -0.2) is 10.1 Å². The Balaban J connectivity index is 1.89. The fraction of sp³-hybridized carbons (Fsp3) is 0.412. The lowest BCUT2D eigenvalue weighted by Gasteiger charge is -2.20. The highest BCUT2D eigenvalue weighted by molar-refractivity contribution is 5.95. The summed E-state index contributed by atoms with van der Waals surface area (Å²) in [6.07, 6.45) is 2.34. The van der Waals surface area contributed by atoms with Crippen molar-refractivity contribution in [3.63, 3.8) is 0 Å². The van der Waals surface area contributed by atoms with E-state index >= 15 is 0 Å². The summed E-state index contributed by atoms with van der Waals surface area (Å²) in [6, 6.07) is 7.62. The number of amides is 1. The van der Waals surface area contributed by atoms with Crippen LogP contribution in [0.25, 0.3) is 5.69 Å². The number of benzene rings is 1. The van der Waals surface area contributed by atoms with Crippen molar-refractivity contribution in [3.05, 3.63) is 41.7 Å². The van der Waals surface area contributed by atoms with Crippen molar-refractivity contribution >= 4 is 5.91 Å². The Morgan fingerprint density at radius 1 is 1.33 bits per heavy atom. The second-order valence-corrected chi connectivity index (χ2v) is 5.45. The predicted molar refractivity (Wildman–Crippen MR) is 89.4 cm³/mol. The van der Waals surface area contributed by atoms with Crippen molar-refractivity contribution in [2.24, 2.45) is 0 Å². The minimum absolute atomic E-state index is 0.0721. The van der Waals surface area contributed by atoms with E-state index in [9.17, 15) is 4.79 Å². The Kier molecular flexibility index (Phi) is 5.12. The Morgan fingerprint density at radius 3 is 2.83 bits per heavy atom. The lowest BCUT2D eigenvalue weighted by atomic mass is 10.2. The number of methoxy groups -OCH3 is 1. The number of nitrogens with zero attached hydrogens (tertiary/aromatic N) is 3. The third kappa shape index (κ3) is 3.27. The summed E-state index contributed by atoms with van der Waals surface area (Å²) in [6.45, 7) is 4.31. The highest BCUT2D eigenvalue weighted by Gasteiger charge is 2.23. The van der Waals surface area contributed by atoms with Crippen molar-refractivity contribution in [2.75, 3.05) is 33.4 Å². The summed E-state index contributed by atoms with van der Waals surface area (Å²) < 4.78 is 12.4. The molecule has 7 nitrogen and oxygen atoms in total. The van der Waals surface area contributed by atoms with Crippen LogP contribution in [0.3, 0.4) is 0 Å². The van der Waals surface area contributed by atoms with Crippen LogP contribution in [0.4, 0.5) is 0 Å². The Hall–Kier alpha value is -2.38. The van der Waals surface area contributed by atoms with Gasteiger partial charge in [0.1, 0.15) is 5.75 Å². The Labute approximate surface area is 141 Å². The maximum Gasteiger partial charge on any atom is 0.271 e. The van der Waals surface area contributed by atoms with Gasteiger partial charge in [-0.05, 0) is 30.7 Å². The molecule has 1 N–H and O–H groups in total. The zero-order valence-corrected chi connectivity index (χ0v) is 14.0. The number of hydrogen-bond acceptors (Lipinski definition) is 5. The van der Waals surface area contributed by atoms with Gasteiger partial charge in [0.15, 0.2) is 0 Å². The zero-order valence-electron chi connectivity index (χ0n) is 14.0. The average Bonchev–Trinajstić information content (AvgIpc) is 2.86. The molecule has 128 valence electrons. The summed E-state index contributed by atoms with van der Waals surface area (Å²) in [5, 5.41) is 6.03. The van der Waals surface area contributed by atoms with E-state index in [4.69, 9.17) is 9.47 Å². The molecule has 0 bridgehead atoms. The summed E-state index contributed by atoms with van der Waals surface area (Å²) in [5.74, 6) is 0.714. The van der Waals surface area contributed by atoms with Crippen molar-refractivity contribution in [3.8, 4) is 11.4 Å². The van der Waals surface area contributed by atoms with Crippen LogP contribution in [0.5, 0.6) is 5.75 Å². The molecule has 2 heterocycles. The second-order valence-electron chi connectivity index (χ2n) is 5.45. The maximum atomic E-state index is 12.8. The molecule has 7 heteroatoms. The van der Waals surface area contributed by atoms with Gasteiger partial charge < -0.3 is 9.47 Å². The fourth-order valence-electron chi connectivity index (χ4n) is 2.75. The van der Waals surface area contributed by atoms with Gasteiger partial charge in [-0.15, -0.1) is 0 Å². The van der Waals surface area contributed by atoms with E-state index in [1.165, 1.54) is 0 Å². The molecular formula is C17H22N4O3. The number of hydrogen-bond donors (Lipinski definition) is 1. The number of rotatable bonds is 4. The molecule has 1 aromatic heterocycles. The number of ether oxygens (including phenoxy) is 2. The number of aromatic nitrogens is 2. The standard InChI is InChI=1S/C17H22N4O3/c1-3-16-15(17(22)20-9-11-24-10-8-18-20)12-19-21(16)13-4-6-14(23-2)7-5-13/h4-7,12,18H,3,8-11H2,1-2H3. The highest BCUT2D eigenvalue weighted by Crippen LogP contribution is 2.20. The molecular weight excluding hydrogens is 308 g/mol. The van der Waals surface area contributed by atoms with Crippen molar-refractivity contribution in [1.82, 2.24) is 20.2 Å². The van der Waals surface area contributed by atoms with Crippen LogP contribution in [0.2, 0.25) is 0 Å². The topological polar surface area (TPSA) is 68.6 Å². The quantitative estimate of drug-likeness (QED) is 0.918. The summed E-state index contributed by atoms with van der Waals surface area (Å²) in [7, 11) is 1.63. The molecule has 1 amide bonds. The third-order valence-electron chi connectivity index (χ3n) is 4.00. The first-order valence-corrected chi connectivity index (χ1v) is 8.09. The van der Waals surface area contributed by atoms with E-state index < -0.39 is 0 Å². The number of carbonyl (C=O) groups is 1. The monoisotopic (exact) mass is 330 g/mol. The van der Waals surface area contributed by atoms with Crippen LogP contribution < -0.4 is 10.2 Å². The Bertz CT molecular complexity index is 688. The lowest BCUT2D eigenvalue weighted by Crippen LogP contribution is -2.43.